The van der Waals surface area contributed by atoms with Crippen LogP contribution in [0.4, 0.5) is 0 Å². The molecule has 7 heteroatoms. The van der Waals surface area contributed by atoms with Crippen LogP contribution in [0.25, 0.3) is 0 Å². The van der Waals surface area contributed by atoms with Crippen LogP contribution in [0.3, 0.4) is 0 Å². The lowest BCUT2D eigenvalue weighted by molar-refractivity contribution is -0.250. The summed E-state index contributed by atoms with van der Waals surface area (Å²) in [6.07, 6.45) is 11.6. The van der Waals surface area contributed by atoms with Crippen LogP contribution in [0.15, 0.2) is 24.4 Å². The van der Waals surface area contributed by atoms with Gasteiger partial charge in [-0.15, -0.1) is 0 Å². The van der Waals surface area contributed by atoms with Crippen molar-refractivity contribution >= 4 is 17.8 Å². The maximum atomic E-state index is 14.0. The summed E-state index contributed by atoms with van der Waals surface area (Å²) in [4.78, 5) is 40.8. The number of rotatable bonds is 7. The van der Waals surface area contributed by atoms with Crippen LogP contribution in [0.5, 0.6) is 0 Å². The largest absolute Gasteiger partial charge is 0.481 e. The van der Waals surface area contributed by atoms with Crippen molar-refractivity contribution in [3.05, 3.63) is 24.4 Å². The van der Waals surface area contributed by atoms with Crippen molar-refractivity contribution in [2.75, 3.05) is 19.6 Å². The van der Waals surface area contributed by atoms with Crippen LogP contribution >= 0.6 is 0 Å². The first-order valence-electron chi connectivity index (χ1n) is 19.5. The Hall–Kier alpha value is -2.31. The molecular weight excluding hydrogens is 612 g/mol. The standard InChI is InChI=1S/C42H66N2O5/c1-26(2)28-13-18-42(23-33(45)44-22-21-43-27(3)25-44)20-19-40(9)29(35(28)42)11-12-31-39(8)16-15-32(49-34(46)24-37(4,5)36(47)48)38(6,7)30(39)14-17-41(31,40)10/h28-32,35,43H,1,3,11-25H2,2,4-10H3,(H,47,48)/t28-,29+,30-,31+,32-,35+,39-,40+,41+,42+/m0/s1. The summed E-state index contributed by atoms with van der Waals surface area (Å²) in [6, 6.07) is 0. The van der Waals surface area contributed by atoms with Crippen molar-refractivity contribution in [2.45, 2.75) is 139 Å². The molecule has 1 heterocycles. The minimum absolute atomic E-state index is 0.0561. The highest BCUT2D eigenvalue weighted by molar-refractivity contribution is 5.81. The van der Waals surface area contributed by atoms with Gasteiger partial charge >= 0.3 is 11.9 Å². The molecular formula is C42H66N2O5. The van der Waals surface area contributed by atoms with Gasteiger partial charge in [-0.1, -0.05) is 53.3 Å². The molecule has 274 valence electrons. The van der Waals surface area contributed by atoms with Crippen LogP contribution in [-0.2, 0) is 19.1 Å². The van der Waals surface area contributed by atoms with E-state index >= 15 is 0 Å². The molecule has 10 atom stereocenters. The van der Waals surface area contributed by atoms with Crippen molar-refractivity contribution in [1.82, 2.24) is 10.2 Å². The zero-order valence-electron chi connectivity index (χ0n) is 32.0. The molecule has 5 saturated carbocycles. The van der Waals surface area contributed by atoms with E-state index in [1.807, 2.05) is 0 Å². The van der Waals surface area contributed by atoms with Crippen LogP contribution in [0, 0.1) is 62.1 Å². The minimum atomic E-state index is -1.14. The first-order chi connectivity index (χ1) is 22.7. The number of piperazine rings is 1. The molecule has 1 amide bonds. The van der Waals surface area contributed by atoms with Gasteiger partial charge in [-0.3, -0.25) is 14.4 Å². The Morgan fingerprint density at radius 2 is 1.65 bits per heavy atom. The highest BCUT2D eigenvalue weighted by atomic mass is 16.5. The van der Waals surface area contributed by atoms with E-state index in [1.165, 1.54) is 31.3 Å². The lowest BCUT2D eigenvalue weighted by atomic mass is 9.32. The average Bonchev–Trinajstić information content (AvgIpc) is 3.38. The summed E-state index contributed by atoms with van der Waals surface area (Å²) in [5.41, 5.74) is 1.51. The summed E-state index contributed by atoms with van der Waals surface area (Å²) in [6.45, 7) is 28.8. The quantitative estimate of drug-likeness (QED) is 0.208. The van der Waals surface area contributed by atoms with Crippen molar-refractivity contribution in [3.8, 4) is 0 Å². The molecule has 0 aromatic rings. The average molecular weight is 679 g/mol. The number of carboxylic acids is 1. The monoisotopic (exact) mass is 678 g/mol. The minimum Gasteiger partial charge on any atom is -0.481 e. The Labute approximate surface area is 296 Å². The van der Waals surface area contributed by atoms with E-state index in [9.17, 15) is 19.5 Å². The third kappa shape index (κ3) is 5.61. The number of allylic oxidation sites excluding steroid dienone is 1. The van der Waals surface area contributed by atoms with Gasteiger partial charge < -0.3 is 20.1 Å². The van der Waals surface area contributed by atoms with Crippen molar-refractivity contribution in [2.24, 2.45) is 62.1 Å². The van der Waals surface area contributed by atoms with Crippen LogP contribution in [0.1, 0.15) is 132 Å². The van der Waals surface area contributed by atoms with Gasteiger partial charge in [0.15, 0.2) is 0 Å². The third-order valence-electron chi connectivity index (χ3n) is 16.6. The summed E-state index contributed by atoms with van der Waals surface area (Å²) < 4.78 is 6.18. The molecule has 6 fully saturated rings. The topological polar surface area (TPSA) is 95.9 Å². The number of fused-ring (bicyclic) bond motifs is 7. The molecule has 49 heavy (non-hydrogen) atoms. The molecule has 0 unspecified atom stereocenters. The Morgan fingerprint density at radius 1 is 0.939 bits per heavy atom. The van der Waals surface area contributed by atoms with Gasteiger partial charge in [0.2, 0.25) is 5.91 Å². The lowest BCUT2D eigenvalue weighted by Gasteiger charge is -2.73. The van der Waals surface area contributed by atoms with Gasteiger partial charge in [0.05, 0.1) is 18.4 Å². The normalized spacial score (nSPS) is 42.9. The van der Waals surface area contributed by atoms with E-state index in [0.29, 0.717) is 48.5 Å². The second-order valence-electron chi connectivity index (χ2n) is 19.8. The predicted octanol–water partition coefficient (Wildman–Crippen LogP) is 8.39. The molecule has 0 spiro atoms. The molecule has 2 N–H and O–H groups in total. The highest BCUT2D eigenvalue weighted by Gasteiger charge is 2.71. The number of ether oxygens (including phenoxy) is 1. The summed E-state index contributed by atoms with van der Waals surface area (Å²) >= 11 is 0. The zero-order chi connectivity index (χ0) is 35.9. The molecule has 0 radical (unpaired) electrons. The van der Waals surface area contributed by atoms with Gasteiger partial charge in [-0.25, -0.2) is 0 Å². The Balaban J connectivity index is 1.25. The molecule has 1 aliphatic heterocycles. The Morgan fingerprint density at radius 3 is 2.31 bits per heavy atom. The van der Waals surface area contributed by atoms with Crippen LogP contribution in [-0.4, -0.2) is 53.6 Å². The highest BCUT2D eigenvalue weighted by Crippen LogP contribution is 2.78. The van der Waals surface area contributed by atoms with Crippen molar-refractivity contribution < 1.29 is 24.2 Å². The SMILES string of the molecule is C=C1CN(C(=O)C[C@]23CC[C@@H](C(=C)C)[C@@H]2[C@H]2CC[C@@H]4[C@@]5(C)CC[C@H](OC(=O)CC(C)(C)C(=O)O)C(C)(C)[C@@H]5CC[C@@]4(C)[C@]2(C)CC3)CCN1. The van der Waals surface area contributed by atoms with E-state index in [-0.39, 0.29) is 39.6 Å². The van der Waals surface area contributed by atoms with Gasteiger partial charge in [-0.2, -0.15) is 0 Å². The molecule has 6 aliphatic rings. The van der Waals surface area contributed by atoms with E-state index in [2.05, 4.69) is 64.9 Å². The van der Waals surface area contributed by atoms with Gasteiger partial charge in [0, 0.05) is 30.6 Å². The molecule has 0 aromatic heterocycles. The van der Waals surface area contributed by atoms with E-state index in [1.54, 1.807) is 13.8 Å². The first-order valence-corrected chi connectivity index (χ1v) is 19.5. The number of esters is 1. The van der Waals surface area contributed by atoms with Gasteiger partial charge in [-0.05, 0) is 136 Å². The summed E-state index contributed by atoms with van der Waals surface area (Å²) in [5.74, 6) is 1.55. The molecule has 0 aromatic carbocycles. The maximum absolute atomic E-state index is 14.0. The van der Waals surface area contributed by atoms with Crippen molar-refractivity contribution in [3.63, 3.8) is 0 Å². The second kappa shape index (κ2) is 12.1. The van der Waals surface area contributed by atoms with Crippen molar-refractivity contribution in [1.29, 1.82) is 0 Å². The lowest BCUT2D eigenvalue weighted by Crippen LogP contribution is -2.67. The van der Waals surface area contributed by atoms with E-state index < -0.39 is 17.4 Å². The number of carboxylic acid groups (broad SMARTS) is 1. The third-order valence-corrected chi connectivity index (χ3v) is 16.6. The predicted molar refractivity (Wildman–Crippen MR) is 193 cm³/mol. The Kier molecular flexibility index (Phi) is 9.04. The smallest absolute Gasteiger partial charge is 0.309 e. The fourth-order valence-corrected chi connectivity index (χ4v) is 13.8. The fourth-order valence-electron chi connectivity index (χ4n) is 13.8. The summed E-state index contributed by atoms with van der Waals surface area (Å²) in [7, 11) is 0. The zero-order valence-corrected chi connectivity index (χ0v) is 32.0. The number of amides is 1. The number of carbonyl (C=O) groups excluding carboxylic acids is 2. The number of hydrogen-bond donors (Lipinski definition) is 2. The van der Waals surface area contributed by atoms with Gasteiger partial charge in [0.1, 0.15) is 6.10 Å². The number of nitrogens with one attached hydrogen (secondary N) is 1. The molecule has 1 saturated heterocycles. The fraction of sp³-hybridized carbons (Fsp3) is 0.833. The van der Waals surface area contributed by atoms with Crippen LogP contribution in [0.2, 0.25) is 0 Å². The van der Waals surface area contributed by atoms with E-state index in [4.69, 9.17) is 4.74 Å². The first kappa shape index (κ1) is 36.5. The number of aliphatic carboxylic acids is 1. The number of nitrogens with zero attached hydrogens (tertiary/aromatic N) is 1. The Bertz CT molecular complexity index is 1400. The van der Waals surface area contributed by atoms with E-state index in [0.717, 1.165) is 57.3 Å². The maximum Gasteiger partial charge on any atom is 0.309 e. The molecule has 0 bridgehead atoms. The summed E-state index contributed by atoms with van der Waals surface area (Å²) in [5, 5.41) is 12.9. The molecule has 5 aliphatic carbocycles. The second-order valence-corrected chi connectivity index (χ2v) is 19.8. The molecule has 7 nitrogen and oxygen atoms in total. The number of hydrogen-bond acceptors (Lipinski definition) is 5. The molecule has 6 rings (SSSR count). The van der Waals surface area contributed by atoms with Crippen LogP contribution < -0.4 is 5.32 Å². The number of carbonyl (C=O) groups is 3. The van der Waals surface area contributed by atoms with Gasteiger partial charge in [0.25, 0.3) is 0 Å².